The van der Waals surface area contributed by atoms with Crippen LogP contribution in [0.25, 0.3) is 0 Å². The predicted molar refractivity (Wildman–Crippen MR) is 94.3 cm³/mol. The molecule has 2 aliphatic heterocycles. The zero-order chi connectivity index (χ0) is 17.6. The maximum atomic E-state index is 13.3. The lowest BCUT2D eigenvalue weighted by atomic mass is 9.78. The number of pyridine rings is 1. The van der Waals surface area contributed by atoms with E-state index in [1.54, 1.807) is 23.2 Å². The second-order valence-corrected chi connectivity index (χ2v) is 7.25. The van der Waals surface area contributed by atoms with Crippen LogP contribution in [0.15, 0.2) is 48.8 Å². The maximum absolute atomic E-state index is 13.3. The van der Waals surface area contributed by atoms with Crippen molar-refractivity contribution in [3.8, 4) is 0 Å². The molecule has 0 spiro atoms. The molecule has 25 heavy (non-hydrogen) atoms. The number of likely N-dealkylation sites (tertiary alicyclic amines) is 1. The van der Waals surface area contributed by atoms with Gasteiger partial charge in [0.05, 0.1) is 17.0 Å². The molecule has 0 N–H and O–H groups in total. The molecule has 5 heteroatoms. The van der Waals surface area contributed by atoms with Crippen LogP contribution in [-0.4, -0.2) is 52.7 Å². The number of Topliss-reactive ketones (excluding diaryl/α,β-unsaturated/α-hetero) is 1. The molecule has 2 atom stereocenters. The van der Waals surface area contributed by atoms with E-state index in [0.29, 0.717) is 24.2 Å². The van der Waals surface area contributed by atoms with Gasteiger partial charge in [-0.15, -0.1) is 0 Å². The Morgan fingerprint density at radius 1 is 1.16 bits per heavy atom. The van der Waals surface area contributed by atoms with Crippen molar-refractivity contribution in [1.29, 1.82) is 0 Å². The molecule has 2 aliphatic rings. The van der Waals surface area contributed by atoms with Gasteiger partial charge in [-0.3, -0.25) is 19.5 Å². The number of likely N-dealkylation sites (N-methyl/N-ethyl adjacent to an activating group) is 1. The molecule has 0 radical (unpaired) electrons. The smallest absolute Gasteiger partial charge is 0.254 e. The zero-order valence-electron chi connectivity index (χ0n) is 14.5. The van der Waals surface area contributed by atoms with Crippen LogP contribution in [0, 0.1) is 5.41 Å². The number of aromatic nitrogens is 1. The predicted octanol–water partition coefficient (Wildman–Crippen LogP) is 2.24. The lowest BCUT2D eigenvalue weighted by Crippen LogP contribution is -2.47. The summed E-state index contributed by atoms with van der Waals surface area (Å²) >= 11 is 0. The highest BCUT2D eigenvalue weighted by Crippen LogP contribution is 2.40. The Hall–Kier alpha value is -2.53. The van der Waals surface area contributed by atoms with Crippen LogP contribution >= 0.6 is 0 Å². The number of fused-ring (bicyclic) bond motifs is 2. The Morgan fingerprint density at radius 2 is 1.92 bits per heavy atom. The maximum Gasteiger partial charge on any atom is 0.254 e. The van der Waals surface area contributed by atoms with E-state index in [0.717, 1.165) is 12.1 Å². The SMILES string of the molecule is CN1C(=O)c2ccccc2C(=O)[C@@]2(C)CN(Cc3cccnc3)C[C@@H]12. The second kappa shape index (κ2) is 5.77. The van der Waals surface area contributed by atoms with Crippen molar-refractivity contribution >= 4 is 11.7 Å². The minimum Gasteiger partial charge on any atom is -0.336 e. The minimum absolute atomic E-state index is 0.0686. The average molecular weight is 335 g/mol. The van der Waals surface area contributed by atoms with Gasteiger partial charge in [0, 0.05) is 44.6 Å². The summed E-state index contributed by atoms with van der Waals surface area (Å²) in [6.07, 6.45) is 3.61. The molecule has 0 saturated carbocycles. The molecule has 0 unspecified atom stereocenters. The molecular weight excluding hydrogens is 314 g/mol. The molecule has 2 aromatic rings. The molecule has 128 valence electrons. The monoisotopic (exact) mass is 335 g/mol. The van der Waals surface area contributed by atoms with E-state index < -0.39 is 5.41 Å². The van der Waals surface area contributed by atoms with Gasteiger partial charge in [-0.05, 0) is 24.6 Å². The van der Waals surface area contributed by atoms with Gasteiger partial charge in [0.1, 0.15) is 0 Å². The van der Waals surface area contributed by atoms with E-state index in [1.807, 2.05) is 44.4 Å². The molecule has 3 heterocycles. The highest BCUT2D eigenvalue weighted by Gasteiger charge is 2.53. The highest BCUT2D eigenvalue weighted by atomic mass is 16.2. The Balaban J connectivity index is 1.70. The number of nitrogens with zero attached hydrogens (tertiary/aromatic N) is 3. The molecule has 5 nitrogen and oxygen atoms in total. The van der Waals surface area contributed by atoms with Crippen LogP contribution in [0.3, 0.4) is 0 Å². The molecule has 1 aromatic carbocycles. The number of amides is 1. The van der Waals surface area contributed by atoms with Crippen molar-refractivity contribution in [3.05, 3.63) is 65.5 Å². The number of benzene rings is 1. The summed E-state index contributed by atoms with van der Waals surface area (Å²) in [4.78, 5) is 34.4. The van der Waals surface area contributed by atoms with Gasteiger partial charge in [0.25, 0.3) is 5.91 Å². The largest absolute Gasteiger partial charge is 0.336 e. The first-order valence-electron chi connectivity index (χ1n) is 8.53. The van der Waals surface area contributed by atoms with Crippen molar-refractivity contribution in [2.45, 2.75) is 19.5 Å². The third-order valence-corrected chi connectivity index (χ3v) is 5.56. The van der Waals surface area contributed by atoms with E-state index in [9.17, 15) is 9.59 Å². The van der Waals surface area contributed by atoms with Crippen molar-refractivity contribution in [2.24, 2.45) is 5.41 Å². The topological polar surface area (TPSA) is 53.5 Å². The van der Waals surface area contributed by atoms with E-state index in [-0.39, 0.29) is 17.7 Å². The molecule has 0 bridgehead atoms. The Bertz CT molecular complexity index is 836. The van der Waals surface area contributed by atoms with Gasteiger partial charge in [-0.2, -0.15) is 0 Å². The Labute approximate surface area is 147 Å². The second-order valence-electron chi connectivity index (χ2n) is 7.25. The van der Waals surface area contributed by atoms with E-state index in [2.05, 4.69) is 9.88 Å². The third-order valence-electron chi connectivity index (χ3n) is 5.56. The summed E-state index contributed by atoms with van der Waals surface area (Å²) in [5, 5.41) is 0. The lowest BCUT2D eigenvalue weighted by Gasteiger charge is -2.32. The number of carbonyl (C=O) groups is 2. The summed E-state index contributed by atoms with van der Waals surface area (Å²) in [5.41, 5.74) is 1.58. The van der Waals surface area contributed by atoms with Gasteiger partial charge in [-0.1, -0.05) is 24.3 Å². The first kappa shape index (κ1) is 16.0. The summed E-state index contributed by atoms with van der Waals surface area (Å²) < 4.78 is 0. The zero-order valence-corrected chi connectivity index (χ0v) is 14.5. The summed E-state index contributed by atoms with van der Waals surface area (Å²) in [6, 6.07) is 11.0. The van der Waals surface area contributed by atoms with Crippen LogP contribution in [0.1, 0.15) is 33.2 Å². The van der Waals surface area contributed by atoms with Crippen molar-refractivity contribution in [3.63, 3.8) is 0 Å². The Kier molecular flexibility index (Phi) is 3.69. The molecule has 4 rings (SSSR count). The quantitative estimate of drug-likeness (QED) is 0.845. The molecule has 1 aromatic heterocycles. The van der Waals surface area contributed by atoms with E-state index in [4.69, 9.17) is 0 Å². The van der Waals surface area contributed by atoms with Crippen LogP contribution in [0.5, 0.6) is 0 Å². The van der Waals surface area contributed by atoms with E-state index >= 15 is 0 Å². The third kappa shape index (κ3) is 2.46. The van der Waals surface area contributed by atoms with Crippen LogP contribution in [0.2, 0.25) is 0 Å². The van der Waals surface area contributed by atoms with E-state index in [1.165, 1.54) is 0 Å². The van der Waals surface area contributed by atoms with Crippen LogP contribution in [0.4, 0.5) is 0 Å². The number of ketones is 1. The van der Waals surface area contributed by atoms with Gasteiger partial charge < -0.3 is 4.90 Å². The van der Waals surface area contributed by atoms with Crippen LogP contribution in [-0.2, 0) is 6.54 Å². The number of hydrogen-bond acceptors (Lipinski definition) is 4. The van der Waals surface area contributed by atoms with Crippen molar-refractivity contribution in [1.82, 2.24) is 14.8 Å². The molecular formula is C20H21N3O2. The van der Waals surface area contributed by atoms with Crippen LogP contribution < -0.4 is 0 Å². The number of rotatable bonds is 2. The van der Waals surface area contributed by atoms with Gasteiger partial charge in [0.2, 0.25) is 0 Å². The van der Waals surface area contributed by atoms with Gasteiger partial charge >= 0.3 is 0 Å². The standard InChI is InChI=1S/C20H21N3O2/c1-20-13-23(11-14-6-5-9-21-10-14)12-17(20)22(2)19(25)16-8-4-3-7-15(16)18(20)24/h3-10,17H,11-13H2,1-2H3/t17-,20+/m1/s1. The average Bonchev–Trinajstić information content (AvgIpc) is 2.95. The summed E-state index contributed by atoms with van der Waals surface area (Å²) in [6.45, 7) is 4.05. The molecule has 1 fully saturated rings. The normalized spacial score (nSPS) is 26.3. The first-order valence-corrected chi connectivity index (χ1v) is 8.53. The Morgan fingerprint density at radius 3 is 2.64 bits per heavy atom. The number of carbonyl (C=O) groups excluding carboxylic acids is 2. The fraction of sp³-hybridized carbons (Fsp3) is 0.350. The highest BCUT2D eigenvalue weighted by molar-refractivity contribution is 6.12. The first-order chi connectivity index (χ1) is 12.0. The number of hydrogen-bond donors (Lipinski definition) is 0. The minimum atomic E-state index is -0.598. The molecule has 1 saturated heterocycles. The summed E-state index contributed by atoms with van der Waals surface area (Å²) in [5.74, 6) is 0.000361. The summed E-state index contributed by atoms with van der Waals surface area (Å²) in [7, 11) is 1.81. The van der Waals surface area contributed by atoms with Crippen molar-refractivity contribution in [2.75, 3.05) is 20.1 Å². The lowest BCUT2D eigenvalue weighted by molar-refractivity contribution is 0.0606. The molecule has 0 aliphatic carbocycles. The van der Waals surface area contributed by atoms with Gasteiger partial charge in [0.15, 0.2) is 5.78 Å². The van der Waals surface area contributed by atoms with Crippen molar-refractivity contribution < 1.29 is 9.59 Å². The molecule has 1 amide bonds. The van der Waals surface area contributed by atoms with Gasteiger partial charge in [-0.25, -0.2) is 0 Å². The fourth-order valence-electron chi connectivity index (χ4n) is 4.23. The fourth-order valence-corrected chi connectivity index (χ4v) is 4.23.